The van der Waals surface area contributed by atoms with Gasteiger partial charge in [0.1, 0.15) is 23.9 Å². The lowest BCUT2D eigenvalue weighted by Crippen LogP contribution is -2.31. The van der Waals surface area contributed by atoms with Crippen molar-refractivity contribution in [1.82, 2.24) is 9.88 Å². The van der Waals surface area contributed by atoms with Crippen molar-refractivity contribution in [3.05, 3.63) is 46.2 Å². The summed E-state index contributed by atoms with van der Waals surface area (Å²) in [7, 11) is 1.69. The second kappa shape index (κ2) is 9.44. The van der Waals surface area contributed by atoms with E-state index in [0.717, 1.165) is 5.01 Å². The second-order valence-electron chi connectivity index (χ2n) is 4.69. The molecule has 126 valence electrons. The Balaban J connectivity index is 0.00000264. The highest BCUT2D eigenvalue weighted by Gasteiger charge is 2.15. The monoisotopic (exact) mass is 359 g/mol. The van der Waals surface area contributed by atoms with Gasteiger partial charge in [-0.15, -0.1) is 23.7 Å². The van der Waals surface area contributed by atoms with Crippen molar-refractivity contribution in [3.63, 3.8) is 0 Å². The number of aromatic nitrogens is 1. The van der Waals surface area contributed by atoms with E-state index >= 15 is 0 Å². The molecule has 8 heteroatoms. The maximum Gasteiger partial charge on any atom is 0.273 e. The van der Waals surface area contributed by atoms with E-state index in [9.17, 15) is 9.18 Å². The topological polar surface area (TPSA) is 68.5 Å². The molecule has 0 bridgehead atoms. The molecule has 5 nitrogen and oxygen atoms in total. The number of nitrogens with two attached hydrogens (primary N) is 1. The molecule has 1 aromatic heterocycles. The van der Waals surface area contributed by atoms with Crippen molar-refractivity contribution < 1.29 is 13.9 Å². The Hall–Kier alpha value is -1.70. The van der Waals surface area contributed by atoms with Gasteiger partial charge in [0, 0.05) is 18.8 Å². The van der Waals surface area contributed by atoms with Crippen molar-refractivity contribution in [3.8, 4) is 5.75 Å². The van der Waals surface area contributed by atoms with Crippen molar-refractivity contribution in [2.45, 2.75) is 6.42 Å². The van der Waals surface area contributed by atoms with Crippen LogP contribution in [0.4, 0.5) is 4.39 Å². The maximum absolute atomic E-state index is 12.8. The van der Waals surface area contributed by atoms with Gasteiger partial charge in [0.15, 0.2) is 0 Å². The predicted molar refractivity (Wildman–Crippen MR) is 91.0 cm³/mol. The molecule has 2 aromatic rings. The van der Waals surface area contributed by atoms with E-state index < -0.39 is 0 Å². The largest absolute Gasteiger partial charge is 0.492 e. The number of nitrogens with zero attached hydrogens (tertiary/aromatic N) is 2. The normalized spacial score (nSPS) is 10.0. The number of rotatable bonds is 7. The molecule has 0 aliphatic carbocycles. The molecule has 0 saturated heterocycles. The lowest BCUT2D eigenvalue weighted by atomic mass is 10.3. The van der Waals surface area contributed by atoms with Gasteiger partial charge in [0.25, 0.3) is 5.91 Å². The van der Waals surface area contributed by atoms with Gasteiger partial charge in [0.05, 0.1) is 11.6 Å². The van der Waals surface area contributed by atoms with Crippen LogP contribution in [0.2, 0.25) is 0 Å². The molecule has 0 atom stereocenters. The zero-order valence-electron chi connectivity index (χ0n) is 12.7. The van der Waals surface area contributed by atoms with Crippen molar-refractivity contribution in [2.75, 3.05) is 26.7 Å². The van der Waals surface area contributed by atoms with E-state index in [1.165, 1.54) is 23.5 Å². The van der Waals surface area contributed by atoms with Gasteiger partial charge in [-0.25, -0.2) is 9.37 Å². The molecule has 0 saturated carbocycles. The van der Waals surface area contributed by atoms with E-state index in [4.69, 9.17) is 10.5 Å². The molecule has 0 unspecified atom stereocenters. The number of ether oxygens (including phenoxy) is 1. The summed E-state index contributed by atoms with van der Waals surface area (Å²) in [6.07, 6.45) is 0.676. The minimum absolute atomic E-state index is 0. The predicted octanol–water partition coefficient (Wildman–Crippen LogP) is 2.36. The van der Waals surface area contributed by atoms with Crippen LogP contribution >= 0.6 is 23.7 Å². The minimum atomic E-state index is -0.309. The third kappa shape index (κ3) is 5.78. The summed E-state index contributed by atoms with van der Waals surface area (Å²) in [6, 6.07) is 5.77. The van der Waals surface area contributed by atoms with Crippen LogP contribution in [0.25, 0.3) is 0 Å². The smallest absolute Gasteiger partial charge is 0.273 e. The van der Waals surface area contributed by atoms with E-state index in [2.05, 4.69) is 4.98 Å². The quantitative estimate of drug-likeness (QED) is 0.824. The van der Waals surface area contributed by atoms with Crippen LogP contribution in [0, 0.1) is 5.82 Å². The average molecular weight is 360 g/mol. The van der Waals surface area contributed by atoms with Crippen LogP contribution in [0.15, 0.2) is 29.6 Å². The number of hydrogen-bond donors (Lipinski definition) is 1. The molecular weight excluding hydrogens is 341 g/mol. The summed E-state index contributed by atoms with van der Waals surface area (Å²) in [4.78, 5) is 18.0. The number of halogens is 2. The van der Waals surface area contributed by atoms with Crippen LogP contribution in [-0.4, -0.2) is 42.5 Å². The SMILES string of the molecule is CN(CCOc1ccc(F)cc1)C(=O)c1csc(CCN)n1.Cl. The third-order valence-corrected chi connectivity index (χ3v) is 3.89. The maximum atomic E-state index is 12.8. The molecule has 23 heavy (non-hydrogen) atoms. The van der Waals surface area contributed by atoms with E-state index in [-0.39, 0.29) is 24.1 Å². The number of benzene rings is 1. The standard InChI is InChI=1S/C15H18FN3O2S.ClH/c1-19(8-9-21-12-4-2-11(16)3-5-12)15(20)13-10-22-14(18-13)6-7-17;/h2-5,10H,6-9,17H2,1H3;1H. The van der Waals surface area contributed by atoms with Gasteiger partial charge in [-0.1, -0.05) is 0 Å². The first kappa shape index (κ1) is 19.3. The number of carbonyl (C=O) groups excluding carboxylic acids is 1. The first-order chi connectivity index (χ1) is 10.6. The van der Waals surface area contributed by atoms with Crippen molar-refractivity contribution >= 4 is 29.7 Å². The number of hydrogen-bond acceptors (Lipinski definition) is 5. The molecule has 0 fully saturated rings. The van der Waals surface area contributed by atoms with Crippen LogP contribution in [0.1, 0.15) is 15.5 Å². The first-order valence-electron chi connectivity index (χ1n) is 6.88. The number of amides is 1. The molecule has 0 aliphatic heterocycles. The molecule has 0 radical (unpaired) electrons. The highest BCUT2D eigenvalue weighted by molar-refractivity contribution is 7.09. The van der Waals surface area contributed by atoms with E-state index in [0.29, 0.717) is 37.6 Å². The lowest BCUT2D eigenvalue weighted by molar-refractivity contribution is 0.0768. The van der Waals surface area contributed by atoms with Gasteiger partial charge < -0.3 is 15.4 Å². The molecule has 1 amide bonds. The molecule has 0 spiro atoms. The highest BCUT2D eigenvalue weighted by Crippen LogP contribution is 2.13. The van der Waals surface area contributed by atoms with Gasteiger partial charge in [-0.05, 0) is 30.8 Å². The summed E-state index contributed by atoms with van der Waals surface area (Å²) in [5.41, 5.74) is 5.90. The Bertz CT molecular complexity index is 621. The number of carbonyl (C=O) groups is 1. The van der Waals surface area contributed by atoms with Gasteiger partial charge >= 0.3 is 0 Å². The zero-order chi connectivity index (χ0) is 15.9. The second-order valence-corrected chi connectivity index (χ2v) is 5.64. The Morgan fingerprint density at radius 2 is 2.09 bits per heavy atom. The van der Waals surface area contributed by atoms with Crippen LogP contribution in [0.5, 0.6) is 5.75 Å². The van der Waals surface area contributed by atoms with Gasteiger partial charge in [-0.3, -0.25) is 4.79 Å². The summed E-state index contributed by atoms with van der Waals surface area (Å²) in [6.45, 7) is 1.26. The lowest BCUT2D eigenvalue weighted by Gasteiger charge is -2.16. The van der Waals surface area contributed by atoms with Crippen molar-refractivity contribution in [1.29, 1.82) is 0 Å². The Morgan fingerprint density at radius 3 is 2.74 bits per heavy atom. The number of likely N-dealkylation sites (N-methyl/N-ethyl adjacent to an activating group) is 1. The fourth-order valence-corrected chi connectivity index (χ4v) is 2.56. The molecular formula is C15H19ClFN3O2S. The van der Waals surface area contributed by atoms with Crippen LogP contribution in [-0.2, 0) is 6.42 Å². The molecule has 1 heterocycles. The van der Waals surface area contributed by atoms with Gasteiger partial charge in [0.2, 0.25) is 0 Å². The minimum Gasteiger partial charge on any atom is -0.492 e. The highest BCUT2D eigenvalue weighted by atomic mass is 35.5. The zero-order valence-corrected chi connectivity index (χ0v) is 14.3. The van der Waals surface area contributed by atoms with E-state index in [1.54, 1.807) is 29.5 Å². The van der Waals surface area contributed by atoms with Crippen LogP contribution < -0.4 is 10.5 Å². The van der Waals surface area contributed by atoms with Gasteiger partial charge in [-0.2, -0.15) is 0 Å². The summed E-state index contributed by atoms with van der Waals surface area (Å²) >= 11 is 1.44. The first-order valence-corrected chi connectivity index (χ1v) is 7.76. The molecule has 2 rings (SSSR count). The average Bonchev–Trinajstić information content (AvgIpc) is 2.97. The Morgan fingerprint density at radius 1 is 1.39 bits per heavy atom. The Labute approximate surface area is 144 Å². The van der Waals surface area contributed by atoms with Crippen molar-refractivity contribution in [2.24, 2.45) is 5.73 Å². The molecule has 1 aromatic carbocycles. The summed E-state index contributed by atoms with van der Waals surface area (Å²) in [5.74, 6) is 0.111. The molecule has 2 N–H and O–H groups in total. The number of thiazole rings is 1. The third-order valence-electron chi connectivity index (χ3n) is 2.98. The molecule has 0 aliphatic rings. The Kier molecular flexibility index (Phi) is 7.94. The van der Waals surface area contributed by atoms with E-state index in [1.807, 2.05) is 0 Å². The fourth-order valence-electron chi connectivity index (χ4n) is 1.78. The fraction of sp³-hybridized carbons (Fsp3) is 0.333. The van der Waals surface area contributed by atoms with Crippen LogP contribution in [0.3, 0.4) is 0 Å². The summed E-state index contributed by atoms with van der Waals surface area (Å²) in [5, 5.41) is 2.60. The summed E-state index contributed by atoms with van der Waals surface area (Å²) < 4.78 is 18.2.